The van der Waals surface area contributed by atoms with Crippen LogP contribution in [0.4, 0.5) is 0 Å². The van der Waals surface area contributed by atoms with Gasteiger partial charge in [-0.05, 0) is 37.3 Å². The maximum Gasteiger partial charge on any atom is 0.303 e. The van der Waals surface area contributed by atoms with Gasteiger partial charge in [0.15, 0.2) is 0 Å². The van der Waals surface area contributed by atoms with Crippen molar-refractivity contribution in [2.45, 2.75) is 52.4 Å². The molecule has 12 heteroatoms. The Morgan fingerprint density at radius 3 is 0.958 bits per heavy atom. The number of hydrogen-bond donors (Lipinski definition) is 8. The Bertz CT molecular complexity index is 282. The molecule has 0 fully saturated rings. The molecule has 14 N–H and O–H groups in total. The molecule has 0 aliphatic rings. The largest absolute Gasteiger partial charge is 0.487 e. The van der Waals surface area contributed by atoms with Crippen LogP contribution < -0.4 is 23.8 Å². The van der Waals surface area contributed by atoms with Gasteiger partial charge >= 0.3 is 11.9 Å². The molecule has 0 bridgehead atoms. The second-order valence-electron chi connectivity index (χ2n) is 3.67. The molecule has 0 amide bonds. The van der Waals surface area contributed by atoms with Gasteiger partial charge in [-0.1, -0.05) is 26.7 Å². The Morgan fingerprint density at radius 1 is 0.750 bits per heavy atom. The quantitative estimate of drug-likeness (QED) is 0.304. The molecule has 0 rings (SSSR count). The summed E-state index contributed by atoms with van der Waals surface area (Å²) in [5.41, 5.74) is 8.80. The van der Waals surface area contributed by atoms with Gasteiger partial charge in [0, 0.05) is 12.8 Å². The summed E-state index contributed by atoms with van der Waals surface area (Å²) in [5.74, 6) is -1.39. The van der Waals surface area contributed by atoms with Gasteiger partial charge < -0.3 is 44.2 Å². The van der Waals surface area contributed by atoms with Crippen LogP contribution in [0, 0.1) is 0 Å². The summed E-state index contributed by atoms with van der Waals surface area (Å²) < 4.78 is 0. The molecule has 0 spiro atoms. The summed E-state index contributed by atoms with van der Waals surface area (Å²) in [7, 11) is 0. The number of aliphatic hydroxyl groups is 2. The average molecular weight is 393 g/mol. The number of nitrogens with two attached hydrogens (primary N) is 2. The third kappa shape index (κ3) is 192. The molecule has 0 unspecified atom stereocenters. The lowest BCUT2D eigenvalue weighted by atomic mass is 10.3. The number of thiocarbonyl (C=S) groups is 2. The maximum atomic E-state index is 9.76. The van der Waals surface area contributed by atoms with Crippen LogP contribution in [0.5, 0.6) is 0 Å². The van der Waals surface area contributed by atoms with Gasteiger partial charge in [-0.2, -0.15) is 0 Å². The standard InChI is InChI=1S/2C5H10O2.2CH3NOS.2H3N/c2*1-2-3-4-5(6)7;2*2-1(3)4;;/h2*2-4H2,1H3,(H,6,7);2*(H3,2,3,4);2*1H3. The summed E-state index contributed by atoms with van der Waals surface area (Å²) in [4.78, 5) is 19.5. The zero-order chi connectivity index (χ0) is 18.6. The third-order valence-corrected chi connectivity index (χ3v) is 1.49. The van der Waals surface area contributed by atoms with Gasteiger partial charge in [0.1, 0.15) is 0 Å². The molecule has 0 saturated heterocycles. The first-order valence-corrected chi connectivity index (χ1v) is 7.23. The Labute approximate surface area is 153 Å². The minimum absolute atomic E-state index is 0. The smallest absolute Gasteiger partial charge is 0.303 e. The first-order valence-electron chi connectivity index (χ1n) is 6.41. The van der Waals surface area contributed by atoms with E-state index in [1.165, 1.54) is 0 Å². The Balaban J connectivity index is -0.0000000453. The van der Waals surface area contributed by atoms with Crippen molar-refractivity contribution in [3.05, 3.63) is 0 Å². The number of carboxylic acid groups (broad SMARTS) is 2. The number of aliphatic hydroxyl groups excluding tert-OH is 2. The lowest BCUT2D eigenvalue weighted by molar-refractivity contribution is -0.138. The monoisotopic (exact) mass is 392 g/mol. The highest BCUT2D eigenvalue weighted by atomic mass is 32.1. The van der Waals surface area contributed by atoms with Gasteiger partial charge in [0.2, 0.25) is 0 Å². The van der Waals surface area contributed by atoms with Crippen LogP contribution in [-0.2, 0) is 9.59 Å². The summed E-state index contributed by atoms with van der Waals surface area (Å²) >= 11 is 7.74. The van der Waals surface area contributed by atoms with E-state index in [1.807, 2.05) is 13.8 Å². The number of aliphatic carboxylic acids is 2. The van der Waals surface area contributed by atoms with E-state index in [0.717, 1.165) is 25.7 Å². The molecule has 0 heterocycles. The van der Waals surface area contributed by atoms with Crippen LogP contribution in [-0.4, -0.2) is 42.7 Å². The van der Waals surface area contributed by atoms with Crippen LogP contribution >= 0.6 is 24.4 Å². The second-order valence-corrected chi connectivity index (χ2v) is 4.51. The van der Waals surface area contributed by atoms with Gasteiger partial charge in [-0.15, -0.1) is 0 Å². The fourth-order valence-corrected chi connectivity index (χ4v) is 0.656. The molecule has 0 atom stereocenters. The molecular weight excluding hydrogens is 360 g/mol. The van der Waals surface area contributed by atoms with Crippen LogP contribution in [0.25, 0.3) is 0 Å². The predicted octanol–water partition coefficient (Wildman–Crippen LogP) is 2.42. The highest BCUT2D eigenvalue weighted by Crippen LogP contribution is 1.91. The highest BCUT2D eigenvalue weighted by molar-refractivity contribution is 7.80. The Kier molecular flexibility index (Phi) is 52.3. The van der Waals surface area contributed by atoms with Crippen molar-refractivity contribution in [2.24, 2.45) is 11.5 Å². The number of rotatable bonds is 6. The van der Waals surface area contributed by atoms with Gasteiger partial charge in [-0.3, -0.25) is 9.59 Å². The third-order valence-electron chi connectivity index (χ3n) is 1.49. The van der Waals surface area contributed by atoms with Crippen molar-refractivity contribution in [1.29, 1.82) is 0 Å². The topological polar surface area (TPSA) is 237 Å². The minimum Gasteiger partial charge on any atom is -0.487 e. The fourth-order valence-electron chi connectivity index (χ4n) is 0.656. The van der Waals surface area contributed by atoms with E-state index in [2.05, 4.69) is 35.9 Å². The van der Waals surface area contributed by atoms with E-state index in [-0.39, 0.29) is 12.3 Å². The maximum absolute atomic E-state index is 9.76. The van der Waals surface area contributed by atoms with Crippen LogP contribution in [0.3, 0.4) is 0 Å². The van der Waals surface area contributed by atoms with Crippen LogP contribution in [0.2, 0.25) is 0 Å². The number of carbonyl (C=O) groups is 2. The molecule has 24 heavy (non-hydrogen) atoms. The van der Waals surface area contributed by atoms with E-state index in [0.29, 0.717) is 12.8 Å². The summed E-state index contributed by atoms with van der Waals surface area (Å²) in [6.07, 6.45) is 4.16. The van der Waals surface area contributed by atoms with E-state index < -0.39 is 22.3 Å². The van der Waals surface area contributed by atoms with Crippen molar-refractivity contribution in [3.63, 3.8) is 0 Å². The summed E-state index contributed by atoms with van der Waals surface area (Å²) in [6, 6.07) is 0. The van der Waals surface area contributed by atoms with Gasteiger partial charge in [0.25, 0.3) is 10.3 Å². The lowest BCUT2D eigenvalue weighted by Crippen LogP contribution is -2.03. The Hall–Kier alpha value is -1.76. The van der Waals surface area contributed by atoms with Crippen molar-refractivity contribution in [3.8, 4) is 0 Å². The van der Waals surface area contributed by atoms with E-state index in [1.54, 1.807) is 0 Å². The van der Waals surface area contributed by atoms with Crippen molar-refractivity contribution in [1.82, 2.24) is 12.3 Å². The summed E-state index contributed by atoms with van der Waals surface area (Å²) in [6.45, 7) is 3.95. The van der Waals surface area contributed by atoms with E-state index in [9.17, 15) is 9.59 Å². The number of unbranched alkanes of at least 4 members (excludes halogenated alkanes) is 2. The Morgan fingerprint density at radius 2 is 0.917 bits per heavy atom. The molecule has 0 saturated carbocycles. The van der Waals surface area contributed by atoms with E-state index >= 15 is 0 Å². The van der Waals surface area contributed by atoms with Crippen LogP contribution in [0.15, 0.2) is 0 Å². The molecule has 0 radical (unpaired) electrons. The van der Waals surface area contributed by atoms with Crippen molar-refractivity contribution >= 4 is 46.7 Å². The summed E-state index contributed by atoms with van der Waals surface area (Å²) in [5, 5.41) is 30.2. The molecule has 0 aliphatic carbocycles. The van der Waals surface area contributed by atoms with Crippen molar-refractivity contribution in [2.75, 3.05) is 0 Å². The molecule has 0 aromatic rings. The van der Waals surface area contributed by atoms with Crippen molar-refractivity contribution < 1.29 is 30.0 Å². The van der Waals surface area contributed by atoms with E-state index in [4.69, 9.17) is 20.4 Å². The molecular formula is C12H32N4O6S2. The zero-order valence-corrected chi connectivity index (χ0v) is 15.9. The second kappa shape index (κ2) is 33.0. The predicted molar refractivity (Wildman–Crippen MR) is 103 cm³/mol. The first kappa shape index (κ1) is 38.0. The van der Waals surface area contributed by atoms with Gasteiger partial charge in [0.05, 0.1) is 0 Å². The SMILES string of the molecule is CCCCC(=O)O.CCCCC(=O)O.N.N.NC(O)=S.NC(O)=S. The highest BCUT2D eigenvalue weighted by Gasteiger charge is 1.91. The first-order chi connectivity index (χ1) is 10.0. The van der Waals surface area contributed by atoms with Crippen LogP contribution in [0.1, 0.15) is 52.4 Å². The number of hydrogen-bond acceptors (Lipinski definition) is 6. The van der Waals surface area contributed by atoms with Gasteiger partial charge in [-0.25, -0.2) is 0 Å². The zero-order valence-electron chi connectivity index (χ0n) is 14.2. The number of carboxylic acids is 2. The average Bonchev–Trinajstić information content (AvgIpc) is 2.33. The normalized spacial score (nSPS) is 7.08. The molecule has 0 aromatic carbocycles. The molecule has 0 aromatic heterocycles. The fraction of sp³-hybridized carbons (Fsp3) is 0.667. The molecule has 148 valence electrons. The lowest BCUT2D eigenvalue weighted by Gasteiger charge is -1.85. The molecule has 0 aliphatic heterocycles. The molecule has 10 nitrogen and oxygen atoms in total. The minimum atomic E-state index is -0.693.